The van der Waals surface area contributed by atoms with Gasteiger partial charge in [-0.2, -0.15) is 9.61 Å². The highest BCUT2D eigenvalue weighted by Crippen LogP contribution is 2.26. The molecule has 0 atom stereocenters. The van der Waals surface area contributed by atoms with Crippen molar-refractivity contribution < 1.29 is 0 Å². The zero-order valence-electron chi connectivity index (χ0n) is 12.5. The van der Waals surface area contributed by atoms with Crippen LogP contribution in [0.1, 0.15) is 5.69 Å². The number of hydrogen-bond donors (Lipinski definition) is 0. The van der Waals surface area contributed by atoms with E-state index in [9.17, 15) is 0 Å². The fourth-order valence-electron chi connectivity index (χ4n) is 2.49. The lowest BCUT2D eigenvalue weighted by molar-refractivity contribution is 0.874. The molecule has 1 aromatic carbocycles. The third kappa shape index (κ3) is 2.66. The molecule has 0 bridgehead atoms. The van der Waals surface area contributed by atoms with Crippen molar-refractivity contribution in [3.05, 3.63) is 59.3 Å². The van der Waals surface area contributed by atoms with Gasteiger partial charge in [0, 0.05) is 18.0 Å². The van der Waals surface area contributed by atoms with Crippen LogP contribution in [0.3, 0.4) is 0 Å². The van der Waals surface area contributed by atoms with Gasteiger partial charge >= 0.3 is 0 Å². The monoisotopic (exact) mass is 322 g/mol. The average Bonchev–Trinajstić information content (AvgIpc) is 3.25. The van der Waals surface area contributed by atoms with Gasteiger partial charge in [-0.25, -0.2) is 4.98 Å². The first kappa shape index (κ1) is 13.8. The fourth-order valence-corrected chi connectivity index (χ4v) is 3.03. The molecule has 0 N–H and O–H groups in total. The molecule has 0 amide bonds. The molecule has 0 unspecified atom stereocenters. The Morgan fingerprint density at radius 3 is 2.87 bits per heavy atom. The van der Waals surface area contributed by atoms with Crippen molar-refractivity contribution in [3.8, 4) is 11.3 Å². The number of hydrogen-bond acceptors (Lipinski definition) is 6. The summed E-state index contributed by atoms with van der Waals surface area (Å²) >= 11 is 1.60. The Labute approximate surface area is 137 Å². The van der Waals surface area contributed by atoms with Crippen LogP contribution in [0.5, 0.6) is 0 Å². The molecule has 0 saturated carbocycles. The van der Waals surface area contributed by atoms with Crippen LogP contribution in [0.4, 0.5) is 5.69 Å². The van der Waals surface area contributed by atoms with E-state index in [-0.39, 0.29) is 0 Å². The summed E-state index contributed by atoms with van der Waals surface area (Å²) in [7, 11) is 2.03. The number of anilines is 1. The second-order valence-electron chi connectivity index (χ2n) is 5.22. The molecule has 0 spiro atoms. The van der Waals surface area contributed by atoms with Crippen LogP contribution in [0.2, 0.25) is 0 Å². The number of benzene rings is 1. The minimum atomic E-state index is 0.713. The van der Waals surface area contributed by atoms with Gasteiger partial charge in [0.25, 0.3) is 0 Å². The average molecular weight is 322 g/mol. The lowest BCUT2D eigenvalue weighted by atomic mass is 10.1. The van der Waals surface area contributed by atoms with Gasteiger partial charge in [0.1, 0.15) is 6.33 Å². The van der Waals surface area contributed by atoms with Crippen LogP contribution in [-0.2, 0) is 6.54 Å². The maximum atomic E-state index is 4.60. The highest BCUT2D eigenvalue weighted by Gasteiger charge is 2.14. The molecule has 0 aliphatic rings. The van der Waals surface area contributed by atoms with E-state index in [0.29, 0.717) is 6.54 Å². The van der Waals surface area contributed by atoms with Gasteiger partial charge < -0.3 is 4.90 Å². The number of aromatic nitrogens is 5. The van der Waals surface area contributed by atoms with Gasteiger partial charge in [-0.1, -0.05) is 30.3 Å². The molecule has 7 heteroatoms. The first-order valence-electron chi connectivity index (χ1n) is 7.16. The summed E-state index contributed by atoms with van der Waals surface area (Å²) in [5.74, 6) is 0. The molecule has 3 aromatic heterocycles. The topological polar surface area (TPSA) is 59.2 Å². The van der Waals surface area contributed by atoms with Crippen LogP contribution in [-0.4, -0.2) is 31.8 Å². The summed E-state index contributed by atoms with van der Waals surface area (Å²) in [6.07, 6.45) is 1.63. The van der Waals surface area contributed by atoms with E-state index in [1.54, 1.807) is 22.2 Å². The zero-order valence-corrected chi connectivity index (χ0v) is 13.3. The molecule has 0 radical (unpaired) electrons. The van der Waals surface area contributed by atoms with Crippen LogP contribution < -0.4 is 4.90 Å². The first-order valence-corrected chi connectivity index (χ1v) is 8.10. The molecule has 0 fully saturated rings. The zero-order chi connectivity index (χ0) is 15.6. The number of fused-ring (bicyclic) bond motifs is 1. The molecule has 4 rings (SSSR count). The van der Waals surface area contributed by atoms with Gasteiger partial charge in [-0.05, 0) is 6.07 Å². The van der Waals surface area contributed by atoms with Crippen molar-refractivity contribution in [2.75, 3.05) is 11.9 Å². The van der Waals surface area contributed by atoms with Crippen molar-refractivity contribution in [1.29, 1.82) is 0 Å². The van der Waals surface area contributed by atoms with Crippen LogP contribution in [0, 0.1) is 0 Å². The maximum absolute atomic E-state index is 4.60. The maximum Gasteiger partial charge on any atom is 0.200 e. The third-order valence-corrected chi connectivity index (χ3v) is 4.25. The normalized spacial score (nSPS) is 11.0. The van der Waals surface area contributed by atoms with Crippen molar-refractivity contribution >= 4 is 22.7 Å². The second kappa shape index (κ2) is 5.77. The number of rotatable bonds is 4. The quantitative estimate of drug-likeness (QED) is 0.578. The van der Waals surface area contributed by atoms with Crippen molar-refractivity contribution in [2.24, 2.45) is 0 Å². The van der Waals surface area contributed by atoms with Gasteiger partial charge in [0.2, 0.25) is 5.65 Å². The van der Waals surface area contributed by atoms with Gasteiger partial charge in [-0.15, -0.1) is 21.5 Å². The Bertz CT molecular complexity index is 916. The minimum absolute atomic E-state index is 0.713. The van der Waals surface area contributed by atoms with Crippen LogP contribution >= 0.6 is 11.3 Å². The predicted octanol–water partition coefficient (Wildman–Crippen LogP) is 2.88. The van der Waals surface area contributed by atoms with E-state index >= 15 is 0 Å². The summed E-state index contributed by atoms with van der Waals surface area (Å²) in [6, 6.07) is 12.1. The first-order chi connectivity index (χ1) is 11.3. The van der Waals surface area contributed by atoms with E-state index in [0.717, 1.165) is 28.3 Å². The van der Waals surface area contributed by atoms with Crippen molar-refractivity contribution in [3.63, 3.8) is 0 Å². The lowest BCUT2D eigenvalue weighted by Crippen LogP contribution is -2.18. The van der Waals surface area contributed by atoms with E-state index < -0.39 is 0 Å². The summed E-state index contributed by atoms with van der Waals surface area (Å²) in [6.45, 7) is 0.713. The summed E-state index contributed by atoms with van der Waals surface area (Å²) < 4.78 is 1.72. The van der Waals surface area contributed by atoms with Crippen molar-refractivity contribution in [2.45, 2.75) is 6.54 Å². The fraction of sp³-hybridized carbons (Fsp3) is 0.125. The lowest BCUT2D eigenvalue weighted by Gasteiger charge is -2.19. The smallest absolute Gasteiger partial charge is 0.200 e. The molecule has 3 heterocycles. The molecule has 23 heavy (non-hydrogen) atoms. The van der Waals surface area contributed by atoms with E-state index in [2.05, 4.69) is 30.6 Å². The Morgan fingerprint density at radius 2 is 2.09 bits per heavy atom. The SMILES string of the molecule is CN(Cc1cscn1)c1cc(-c2ccccc2)nn2cnnc12. The molecule has 4 aromatic rings. The summed E-state index contributed by atoms with van der Waals surface area (Å²) in [4.78, 5) is 6.47. The molecule has 6 nitrogen and oxygen atoms in total. The molecule has 0 saturated heterocycles. The molecule has 0 aliphatic carbocycles. The highest BCUT2D eigenvalue weighted by atomic mass is 32.1. The largest absolute Gasteiger partial charge is 0.365 e. The molecular weight excluding hydrogens is 308 g/mol. The number of thiazole rings is 1. The molecule has 114 valence electrons. The summed E-state index contributed by atoms with van der Waals surface area (Å²) in [5.41, 5.74) is 6.54. The third-order valence-electron chi connectivity index (χ3n) is 3.61. The van der Waals surface area contributed by atoms with Crippen molar-refractivity contribution in [1.82, 2.24) is 24.8 Å². The van der Waals surface area contributed by atoms with E-state index in [1.165, 1.54) is 0 Å². The predicted molar refractivity (Wildman–Crippen MR) is 90.4 cm³/mol. The van der Waals surface area contributed by atoms with Gasteiger partial charge in [0.05, 0.1) is 29.1 Å². The highest BCUT2D eigenvalue weighted by molar-refractivity contribution is 7.07. The standard InChI is InChI=1S/C16H14N6S/c1-21(8-13-9-23-11-17-13)15-7-14(12-5-3-2-4-6-12)20-22-10-18-19-16(15)22/h2-7,9-11H,8H2,1H3. The van der Waals surface area contributed by atoms with Gasteiger partial charge in [-0.3, -0.25) is 0 Å². The Hall–Kier alpha value is -2.80. The Kier molecular flexibility index (Phi) is 3.47. The van der Waals surface area contributed by atoms with Crippen LogP contribution in [0.15, 0.2) is 53.6 Å². The van der Waals surface area contributed by atoms with E-state index in [1.807, 2.05) is 49.0 Å². The molecular formula is C16H14N6S. The minimum Gasteiger partial charge on any atom is -0.365 e. The van der Waals surface area contributed by atoms with Crippen LogP contribution in [0.25, 0.3) is 16.9 Å². The second-order valence-corrected chi connectivity index (χ2v) is 5.93. The van der Waals surface area contributed by atoms with Gasteiger partial charge in [0.15, 0.2) is 0 Å². The Balaban J connectivity index is 1.80. The Morgan fingerprint density at radius 1 is 1.22 bits per heavy atom. The molecule has 0 aliphatic heterocycles. The summed E-state index contributed by atoms with van der Waals surface area (Å²) in [5, 5.41) is 14.8. The van der Waals surface area contributed by atoms with E-state index in [4.69, 9.17) is 0 Å². The number of nitrogens with zero attached hydrogens (tertiary/aromatic N) is 6.